The highest BCUT2D eigenvalue weighted by atomic mass is 35.5. The van der Waals surface area contributed by atoms with E-state index in [2.05, 4.69) is 15.0 Å². The van der Waals surface area contributed by atoms with Gasteiger partial charge < -0.3 is 4.98 Å². The van der Waals surface area contributed by atoms with E-state index < -0.39 is 0 Å². The molecule has 0 saturated carbocycles. The lowest BCUT2D eigenvalue weighted by atomic mass is 10.3. The van der Waals surface area contributed by atoms with Crippen molar-refractivity contribution in [2.75, 3.05) is 0 Å². The fraction of sp³-hybridized carbons (Fsp3) is 0.125. The molecule has 5 heteroatoms. The zero-order chi connectivity index (χ0) is 8.55. The molecule has 0 aromatic carbocycles. The van der Waals surface area contributed by atoms with E-state index in [0.717, 1.165) is 5.69 Å². The van der Waals surface area contributed by atoms with Crippen molar-refractivity contribution in [3.8, 4) is 0 Å². The summed E-state index contributed by atoms with van der Waals surface area (Å²) >= 11 is 0. The van der Waals surface area contributed by atoms with Crippen molar-refractivity contribution < 1.29 is 0 Å². The number of nitrogens with one attached hydrogen (secondary N) is 1. The zero-order valence-corrected chi connectivity index (χ0v) is 7.76. The van der Waals surface area contributed by atoms with Crippen molar-refractivity contribution in [1.29, 1.82) is 0 Å². The molecular weight excluding hydrogens is 190 g/mol. The number of hydrogen-bond donors (Lipinski definition) is 1. The van der Waals surface area contributed by atoms with Crippen LogP contribution < -0.4 is 5.56 Å². The van der Waals surface area contributed by atoms with Crippen LogP contribution in [0.4, 0.5) is 0 Å². The molecule has 13 heavy (non-hydrogen) atoms. The Morgan fingerprint density at radius 3 is 2.92 bits per heavy atom. The van der Waals surface area contributed by atoms with Crippen LogP contribution >= 0.6 is 12.4 Å². The second kappa shape index (κ2) is 3.53. The first-order valence-corrected chi connectivity index (χ1v) is 3.57. The molecule has 0 saturated heterocycles. The number of pyridine rings is 1. The molecule has 0 aliphatic carbocycles. The van der Waals surface area contributed by atoms with Gasteiger partial charge in [0.1, 0.15) is 0 Å². The van der Waals surface area contributed by atoms with Crippen LogP contribution in [0.2, 0.25) is 0 Å². The summed E-state index contributed by atoms with van der Waals surface area (Å²) in [6.45, 7) is 1.84. The Kier molecular flexibility index (Phi) is 2.63. The molecule has 0 spiro atoms. The molecule has 2 rings (SSSR count). The van der Waals surface area contributed by atoms with Crippen LogP contribution in [-0.2, 0) is 0 Å². The molecule has 0 radical (unpaired) electrons. The average molecular weight is 198 g/mol. The smallest absolute Gasteiger partial charge is 0.258 e. The molecule has 0 atom stereocenters. The van der Waals surface area contributed by atoms with Crippen LogP contribution in [0, 0.1) is 6.92 Å². The summed E-state index contributed by atoms with van der Waals surface area (Å²) in [6.07, 6.45) is 2.97. The van der Waals surface area contributed by atoms with Crippen LogP contribution in [0.5, 0.6) is 0 Å². The van der Waals surface area contributed by atoms with Crippen molar-refractivity contribution in [3.05, 3.63) is 34.6 Å². The maximum atomic E-state index is 11.2. The normalized spacial score (nSPS) is 9.62. The molecule has 0 aliphatic heterocycles. The maximum absolute atomic E-state index is 11.2. The van der Waals surface area contributed by atoms with E-state index >= 15 is 0 Å². The predicted octanol–water partition coefficient (Wildman–Crippen LogP) is 1.05. The molecule has 0 unspecified atom stereocenters. The van der Waals surface area contributed by atoms with Gasteiger partial charge in [-0.25, -0.2) is 4.98 Å². The monoisotopic (exact) mass is 197 g/mol. The lowest BCUT2D eigenvalue weighted by Crippen LogP contribution is -2.06. The number of aryl methyl sites for hydroxylation is 1. The van der Waals surface area contributed by atoms with Gasteiger partial charge >= 0.3 is 0 Å². The minimum absolute atomic E-state index is 0. The Hall–Kier alpha value is -1.42. The number of aromatic amines is 1. The third-order valence-electron chi connectivity index (χ3n) is 1.66. The van der Waals surface area contributed by atoms with E-state index in [4.69, 9.17) is 0 Å². The van der Waals surface area contributed by atoms with E-state index in [1.807, 2.05) is 6.92 Å². The molecule has 4 nitrogen and oxygen atoms in total. The van der Waals surface area contributed by atoms with Crippen LogP contribution in [-0.4, -0.2) is 15.0 Å². The van der Waals surface area contributed by atoms with Crippen LogP contribution in [0.1, 0.15) is 5.69 Å². The number of fused-ring (bicyclic) bond motifs is 1. The van der Waals surface area contributed by atoms with Gasteiger partial charge in [0.05, 0.1) is 23.4 Å². The molecular formula is C8H8ClN3O. The van der Waals surface area contributed by atoms with Crippen LogP contribution in [0.3, 0.4) is 0 Å². The first-order chi connectivity index (χ1) is 5.77. The molecule has 0 amide bonds. The molecule has 0 bridgehead atoms. The molecule has 1 N–H and O–H groups in total. The van der Waals surface area contributed by atoms with Gasteiger partial charge in [0.15, 0.2) is 0 Å². The lowest BCUT2D eigenvalue weighted by molar-refractivity contribution is 1.14. The predicted molar refractivity (Wildman–Crippen MR) is 52.1 cm³/mol. The average Bonchev–Trinajstić information content (AvgIpc) is 2.07. The Bertz CT molecular complexity index is 480. The lowest BCUT2D eigenvalue weighted by Gasteiger charge is -1.94. The van der Waals surface area contributed by atoms with E-state index in [9.17, 15) is 4.79 Å². The van der Waals surface area contributed by atoms with Gasteiger partial charge in [-0.05, 0) is 13.0 Å². The van der Waals surface area contributed by atoms with Gasteiger partial charge in [-0.1, -0.05) is 0 Å². The molecule has 2 aromatic rings. The minimum Gasteiger partial charge on any atom is -0.313 e. The summed E-state index contributed by atoms with van der Waals surface area (Å²) in [6, 6.07) is 1.72. The summed E-state index contributed by atoms with van der Waals surface area (Å²) in [5, 5.41) is 0.588. The van der Waals surface area contributed by atoms with Gasteiger partial charge in [-0.3, -0.25) is 9.78 Å². The van der Waals surface area contributed by atoms with Crippen molar-refractivity contribution in [1.82, 2.24) is 15.0 Å². The van der Waals surface area contributed by atoms with Crippen LogP contribution in [0.15, 0.2) is 23.4 Å². The van der Waals surface area contributed by atoms with E-state index in [1.54, 1.807) is 12.3 Å². The number of halogens is 1. The highest BCUT2D eigenvalue weighted by Gasteiger charge is 1.98. The quantitative estimate of drug-likeness (QED) is 0.687. The van der Waals surface area contributed by atoms with E-state index in [-0.39, 0.29) is 18.0 Å². The van der Waals surface area contributed by atoms with Gasteiger partial charge in [-0.15, -0.1) is 12.4 Å². The summed E-state index contributed by atoms with van der Waals surface area (Å²) in [4.78, 5) is 21.7. The summed E-state index contributed by atoms with van der Waals surface area (Å²) in [5.41, 5.74) is 1.33. The van der Waals surface area contributed by atoms with Crippen molar-refractivity contribution in [2.45, 2.75) is 6.92 Å². The largest absolute Gasteiger partial charge is 0.313 e. The highest BCUT2D eigenvalue weighted by Crippen LogP contribution is 2.04. The van der Waals surface area contributed by atoms with Crippen molar-refractivity contribution >= 4 is 23.3 Å². The number of H-pyrrole nitrogens is 1. The van der Waals surface area contributed by atoms with Gasteiger partial charge in [0, 0.05) is 5.69 Å². The Labute approximate surface area is 80.5 Å². The zero-order valence-electron chi connectivity index (χ0n) is 6.94. The Morgan fingerprint density at radius 2 is 2.15 bits per heavy atom. The fourth-order valence-electron chi connectivity index (χ4n) is 1.08. The SMILES string of the molecule is Cc1cc2c(=O)[nH]cnc2cn1.Cl. The second-order valence-electron chi connectivity index (χ2n) is 2.57. The van der Waals surface area contributed by atoms with Gasteiger partial charge in [-0.2, -0.15) is 0 Å². The summed E-state index contributed by atoms with van der Waals surface area (Å²) in [5.74, 6) is 0. The topological polar surface area (TPSA) is 58.6 Å². The first-order valence-electron chi connectivity index (χ1n) is 3.57. The minimum atomic E-state index is -0.120. The standard InChI is InChI=1S/C8H7N3O.ClH/c1-5-2-6-7(3-9-5)10-4-11-8(6)12;/h2-4H,1H3,(H,10,11,12);1H. The fourth-order valence-corrected chi connectivity index (χ4v) is 1.08. The summed E-state index contributed by atoms with van der Waals surface area (Å²) < 4.78 is 0. The number of nitrogens with zero attached hydrogens (tertiary/aromatic N) is 2. The second-order valence-corrected chi connectivity index (χ2v) is 2.57. The molecule has 0 fully saturated rings. The molecule has 2 aromatic heterocycles. The molecule has 2 heterocycles. The van der Waals surface area contributed by atoms with E-state index in [1.165, 1.54) is 6.33 Å². The van der Waals surface area contributed by atoms with Gasteiger partial charge in [0.25, 0.3) is 5.56 Å². The Balaban J connectivity index is 0.000000845. The van der Waals surface area contributed by atoms with Crippen molar-refractivity contribution in [2.24, 2.45) is 0 Å². The number of aromatic nitrogens is 3. The Morgan fingerprint density at radius 1 is 1.38 bits per heavy atom. The molecule has 68 valence electrons. The van der Waals surface area contributed by atoms with Crippen molar-refractivity contribution in [3.63, 3.8) is 0 Å². The van der Waals surface area contributed by atoms with E-state index in [0.29, 0.717) is 10.9 Å². The highest BCUT2D eigenvalue weighted by molar-refractivity contribution is 5.85. The molecule has 0 aliphatic rings. The van der Waals surface area contributed by atoms with Crippen LogP contribution in [0.25, 0.3) is 10.9 Å². The maximum Gasteiger partial charge on any atom is 0.258 e. The number of rotatable bonds is 0. The third-order valence-corrected chi connectivity index (χ3v) is 1.66. The van der Waals surface area contributed by atoms with Gasteiger partial charge in [0.2, 0.25) is 0 Å². The third kappa shape index (κ3) is 1.67. The first kappa shape index (κ1) is 9.67. The number of hydrogen-bond acceptors (Lipinski definition) is 3. The summed E-state index contributed by atoms with van der Waals surface area (Å²) in [7, 11) is 0.